The largest absolute Gasteiger partial charge is 0.497 e. The van der Waals surface area contributed by atoms with Gasteiger partial charge in [0.05, 0.1) is 14.2 Å². The molecule has 0 spiro atoms. The predicted octanol–water partition coefficient (Wildman–Crippen LogP) is 4.69. The number of methoxy groups -OCH3 is 2. The van der Waals surface area contributed by atoms with Crippen LogP contribution in [0.15, 0.2) is 29.7 Å². The van der Waals surface area contributed by atoms with Crippen molar-refractivity contribution < 1.29 is 9.47 Å². The summed E-state index contributed by atoms with van der Waals surface area (Å²) in [6.07, 6.45) is 4.57. The molecule has 0 aliphatic rings. The quantitative estimate of drug-likeness (QED) is 0.606. The van der Waals surface area contributed by atoms with Gasteiger partial charge in [0, 0.05) is 15.2 Å². The molecule has 5 heteroatoms. The van der Waals surface area contributed by atoms with Crippen molar-refractivity contribution in [1.29, 1.82) is 0 Å². The average Bonchev–Trinajstić information content (AvgIpc) is 2.42. The molecule has 0 atom stereocenters. The third kappa shape index (κ3) is 4.59. The van der Waals surface area contributed by atoms with Crippen LogP contribution in [0.4, 0.5) is 0 Å². The van der Waals surface area contributed by atoms with Gasteiger partial charge in [-0.15, -0.1) is 0 Å². The first kappa shape index (κ1) is 18.3. The Bertz CT molecular complexity index is 507. The number of rotatable bonds is 6. The van der Waals surface area contributed by atoms with Crippen LogP contribution in [0.3, 0.4) is 0 Å². The maximum atomic E-state index is 5.29. The third-order valence-electron chi connectivity index (χ3n) is 3.62. The minimum atomic E-state index is -0.950. The zero-order valence-electron chi connectivity index (χ0n) is 14.1. The van der Waals surface area contributed by atoms with Crippen LogP contribution in [0.25, 0.3) is 5.76 Å². The van der Waals surface area contributed by atoms with E-state index >= 15 is 0 Å². The number of nitrogens with one attached hydrogen (secondary N) is 1. The molecule has 0 amide bonds. The van der Waals surface area contributed by atoms with Crippen LogP contribution in [0.5, 0.6) is 5.75 Å². The van der Waals surface area contributed by atoms with Crippen molar-refractivity contribution in [2.45, 2.75) is 30.4 Å². The Kier molecular flexibility index (Phi) is 6.08. The lowest BCUT2D eigenvalue weighted by atomic mass is 10.2. The fourth-order valence-electron chi connectivity index (χ4n) is 1.33. The zero-order chi connectivity index (χ0) is 16.3. The molecule has 0 aromatic heterocycles. The molecule has 0 fully saturated rings. The first-order valence-corrected chi connectivity index (χ1v) is 9.97. The van der Waals surface area contributed by atoms with Crippen LogP contribution in [0, 0.1) is 0 Å². The van der Waals surface area contributed by atoms with Crippen LogP contribution in [0.2, 0.25) is 0 Å². The standard InChI is InChI=1S/C16H27NO2S2/c1-12(18-5)14-11-13(19-6)9-10-15(14)20-17-21(7,8)16(2,3)4/h9-11,17H,1H2,2-8H3. The molecule has 0 unspecified atom stereocenters. The van der Waals surface area contributed by atoms with Crippen molar-refractivity contribution in [2.75, 3.05) is 26.7 Å². The highest BCUT2D eigenvalue weighted by Crippen LogP contribution is 2.51. The highest BCUT2D eigenvalue weighted by molar-refractivity contribution is 8.37. The molecule has 0 aliphatic carbocycles. The van der Waals surface area contributed by atoms with Gasteiger partial charge in [-0.3, -0.25) is 0 Å². The molecule has 1 N–H and O–H groups in total. The van der Waals surface area contributed by atoms with Crippen molar-refractivity contribution in [3.8, 4) is 5.75 Å². The van der Waals surface area contributed by atoms with Gasteiger partial charge < -0.3 is 9.47 Å². The van der Waals surface area contributed by atoms with Crippen LogP contribution < -0.4 is 8.86 Å². The molecule has 1 rings (SSSR count). The molecule has 0 aliphatic heterocycles. The van der Waals surface area contributed by atoms with Gasteiger partial charge in [0.1, 0.15) is 11.5 Å². The Labute approximate surface area is 135 Å². The topological polar surface area (TPSA) is 30.5 Å². The van der Waals surface area contributed by atoms with Crippen molar-refractivity contribution in [1.82, 2.24) is 4.13 Å². The van der Waals surface area contributed by atoms with Crippen LogP contribution >= 0.6 is 22.2 Å². The first-order chi connectivity index (χ1) is 9.62. The Morgan fingerprint density at radius 1 is 1.24 bits per heavy atom. The molecule has 21 heavy (non-hydrogen) atoms. The molecular formula is C16H27NO2S2. The summed E-state index contributed by atoms with van der Waals surface area (Å²) >= 11 is 1.63. The Balaban J connectivity index is 3.01. The van der Waals surface area contributed by atoms with Crippen molar-refractivity contribution in [3.63, 3.8) is 0 Å². The molecule has 1 aromatic carbocycles. The fraction of sp³-hybridized carbons (Fsp3) is 0.500. The van der Waals surface area contributed by atoms with Crippen molar-refractivity contribution >= 4 is 27.9 Å². The van der Waals surface area contributed by atoms with Crippen LogP contribution in [-0.4, -0.2) is 31.5 Å². The normalized spacial score (nSPS) is 12.9. The maximum Gasteiger partial charge on any atom is 0.120 e. The monoisotopic (exact) mass is 329 g/mol. The molecule has 0 heterocycles. The molecular weight excluding hydrogens is 302 g/mol. The lowest BCUT2D eigenvalue weighted by Gasteiger charge is -2.44. The summed E-state index contributed by atoms with van der Waals surface area (Å²) in [6.45, 7) is 10.7. The number of hydrogen-bond donors (Lipinski definition) is 1. The number of benzene rings is 1. The van der Waals surface area contributed by atoms with E-state index in [1.807, 2.05) is 18.2 Å². The van der Waals surface area contributed by atoms with E-state index in [4.69, 9.17) is 9.47 Å². The molecule has 0 radical (unpaired) electrons. The fourth-order valence-corrected chi connectivity index (χ4v) is 3.94. The Morgan fingerprint density at radius 2 is 1.86 bits per heavy atom. The van der Waals surface area contributed by atoms with Gasteiger partial charge in [-0.25, -0.2) is 4.13 Å². The average molecular weight is 330 g/mol. The van der Waals surface area contributed by atoms with Gasteiger partial charge >= 0.3 is 0 Å². The molecule has 0 bridgehead atoms. The van der Waals surface area contributed by atoms with Gasteiger partial charge in [0.15, 0.2) is 0 Å². The zero-order valence-corrected chi connectivity index (χ0v) is 15.7. The maximum absolute atomic E-state index is 5.29. The second kappa shape index (κ2) is 6.99. The Hall–Kier alpha value is -0.780. The van der Waals surface area contributed by atoms with Crippen LogP contribution in [-0.2, 0) is 4.74 Å². The number of ether oxygens (including phenoxy) is 2. The van der Waals surface area contributed by atoms with E-state index in [1.54, 1.807) is 26.2 Å². The molecule has 120 valence electrons. The second-order valence-electron chi connectivity index (χ2n) is 6.11. The highest BCUT2D eigenvalue weighted by atomic mass is 32.3. The van der Waals surface area contributed by atoms with Gasteiger partial charge in [-0.2, -0.15) is 10.2 Å². The smallest absolute Gasteiger partial charge is 0.120 e. The van der Waals surface area contributed by atoms with Gasteiger partial charge in [0.2, 0.25) is 0 Å². The molecule has 0 saturated heterocycles. The molecule has 0 saturated carbocycles. The summed E-state index contributed by atoms with van der Waals surface area (Å²) in [6, 6.07) is 5.94. The third-order valence-corrected chi connectivity index (χ3v) is 9.26. The van der Waals surface area contributed by atoms with E-state index in [0.29, 0.717) is 5.76 Å². The van der Waals surface area contributed by atoms with Gasteiger partial charge in [-0.1, -0.05) is 27.4 Å². The first-order valence-electron chi connectivity index (χ1n) is 6.70. The van der Waals surface area contributed by atoms with E-state index < -0.39 is 10.2 Å². The van der Waals surface area contributed by atoms with E-state index in [-0.39, 0.29) is 4.75 Å². The Morgan fingerprint density at radius 3 is 2.33 bits per heavy atom. The van der Waals surface area contributed by atoms with Crippen LogP contribution in [0.1, 0.15) is 26.3 Å². The van der Waals surface area contributed by atoms with E-state index in [9.17, 15) is 0 Å². The lowest BCUT2D eigenvalue weighted by molar-refractivity contribution is 0.369. The summed E-state index contributed by atoms with van der Waals surface area (Å²) in [5.41, 5.74) is 0.957. The molecule has 3 nitrogen and oxygen atoms in total. The van der Waals surface area contributed by atoms with Gasteiger partial charge in [-0.05, 0) is 42.7 Å². The minimum Gasteiger partial charge on any atom is -0.497 e. The van der Waals surface area contributed by atoms with Gasteiger partial charge in [0.25, 0.3) is 0 Å². The lowest BCUT2D eigenvalue weighted by Crippen LogP contribution is -2.30. The molecule has 1 aromatic rings. The van der Waals surface area contributed by atoms with Crippen molar-refractivity contribution in [3.05, 3.63) is 30.3 Å². The summed E-state index contributed by atoms with van der Waals surface area (Å²) in [4.78, 5) is 1.09. The minimum absolute atomic E-state index is 0.227. The number of hydrogen-bond acceptors (Lipinski definition) is 4. The SMILES string of the molecule is C=C(OC)c1cc(OC)ccc1SNS(C)(C)C(C)(C)C. The summed E-state index contributed by atoms with van der Waals surface area (Å²) in [5, 5.41) is 0. The van der Waals surface area contributed by atoms with Crippen molar-refractivity contribution in [2.24, 2.45) is 0 Å². The van der Waals surface area contributed by atoms with E-state index in [1.165, 1.54) is 0 Å². The summed E-state index contributed by atoms with van der Waals surface area (Å²) in [5.74, 6) is 1.44. The highest BCUT2D eigenvalue weighted by Gasteiger charge is 2.28. The van der Waals surface area contributed by atoms with E-state index in [0.717, 1.165) is 16.2 Å². The second-order valence-corrected chi connectivity index (χ2v) is 11.3. The summed E-state index contributed by atoms with van der Waals surface area (Å²) < 4.78 is 14.4. The summed E-state index contributed by atoms with van der Waals surface area (Å²) in [7, 11) is 2.34. The predicted molar refractivity (Wildman–Crippen MR) is 97.2 cm³/mol. The van der Waals surface area contributed by atoms with E-state index in [2.05, 4.69) is 44.0 Å².